The van der Waals surface area contributed by atoms with E-state index in [0.29, 0.717) is 13.0 Å². The van der Waals surface area contributed by atoms with Crippen LogP contribution < -0.4 is 4.74 Å². The van der Waals surface area contributed by atoms with E-state index >= 15 is 0 Å². The number of nitrogens with zero attached hydrogens (tertiary/aromatic N) is 1. The molecule has 20 heavy (non-hydrogen) atoms. The molecule has 1 aromatic rings. The van der Waals surface area contributed by atoms with Gasteiger partial charge in [0.25, 0.3) is 5.91 Å². The van der Waals surface area contributed by atoms with Crippen LogP contribution in [0.1, 0.15) is 17.5 Å². The predicted octanol–water partition coefficient (Wildman–Crippen LogP) is 1.62. The van der Waals surface area contributed by atoms with Crippen LogP contribution in [0.4, 0.5) is 0 Å². The van der Waals surface area contributed by atoms with E-state index < -0.39 is 11.9 Å². The number of carbonyl (C=O) groups is 2. The van der Waals surface area contributed by atoms with Crippen molar-refractivity contribution in [2.75, 3.05) is 19.7 Å². The molecule has 1 aromatic carbocycles. The first kappa shape index (κ1) is 14.4. The lowest BCUT2D eigenvalue weighted by Crippen LogP contribution is -2.34. The molecule has 1 saturated heterocycles. The lowest BCUT2D eigenvalue weighted by molar-refractivity contribution is -0.141. The van der Waals surface area contributed by atoms with Gasteiger partial charge in [-0.1, -0.05) is 18.2 Å². The van der Waals surface area contributed by atoms with E-state index in [4.69, 9.17) is 9.84 Å². The Kier molecular flexibility index (Phi) is 4.27. The van der Waals surface area contributed by atoms with Crippen molar-refractivity contribution in [1.29, 1.82) is 0 Å². The van der Waals surface area contributed by atoms with Crippen LogP contribution in [0.15, 0.2) is 18.2 Å². The Labute approximate surface area is 118 Å². The zero-order chi connectivity index (χ0) is 14.7. The van der Waals surface area contributed by atoms with Gasteiger partial charge in [0.2, 0.25) is 0 Å². The summed E-state index contributed by atoms with van der Waals surface area (Å²) < 4.78 is 5.60. The molecule has 1 fully saturated rings. The van der Waals surface area contributed by atoms with Gasteiger partial charge in [-0.2, -0.15) is 0 Å². The first-order chi connectivity index (χ1) is 9.49. The standard InChI is InChI=1S/C15H19NO4/c1-10-4-3-5-11(2)14(10)20-9-13(17)16-7-6-12(8-16)15(18)19/h3-5,12H,6-9H2,1-2H3,(H,18,19). The average molecular weight is 277 g/mol. The Morgan fingerprint density at radius 1 is 1.35 bits per heavy atom. The van der Waals surface area contributed by atoms with Gasteiger partial charge in [0.15, 0.2) is 6.61 Å². The molecular weight excluding hydrogens is 258 g/mol. The third-order valence-corrected chi connectivity index (χ3v) is 3.64. The molecule has 1 unspecified atom stereocenters. The van der Waals surface area contributed by atoms with Gasteiger partial charge in [0.1, 0.15) is 5.75 Å². The number of hydrogen-bond donors (Lipinski definition) is 1. The van der Waals surface area contributed by atoms with Gasteiger partial charge in [-0.25, -0.2) is 0 Å². The number of amides is 1. The number of aryl methyl sites for hydroxylation is 2. The van der Waals surface area contributed by atoms with E-state index in [1.807, 2.05) is 32.0 Å². The maximum Gasteiger partial charge on any atom is 0.308 e. The highest BCUT2D eigenvalue weighted by molar-refractivity contribution is 5.80. The second kappa shape index (κ2) is 5.94. The minimum atomic E-state index is -0.837. The fourth-order valence-corrected chi connectivity index (χ4v) is 2.44. The zero-order valence-corrected chi connectivity index (χ0v) is 11.8. The Hall–Kier alpha value is -2.04. The molecule has 0 saturated carbocycles. The molecule has 108 valence electrons. The molecule has 5 heteroatoms. The lowest BCUT2D eigenvalue weighted by Gasteiger charge is -2.17. The van der Waals surface area contributed by atoms with Gasteiger partial charge < -0.3 is 14.7 Å². The van der Waals surface area contributed by atoms with Crippen LogP contribution in [-0.2, 0) is 9.59 Å². The molecule has 2 rings (SSSR count). The summed E-state index contributed by atoms with van der Waals surface area (Å²) in [7, 11) is 0. The summed E-state index contributed by atoms with van der Waals surface area (Å²) >= 11 is 0. The van der Waals surface area contributed by atoms with Gasteiger partial charge in [-0.05, 0) is 31.4 Å². The van der Waals surface area contributed by atoms with E-state index in [9.17, 15) is 9.59 Å². The molecule has 1 amide bonds. The van der Waals surface area contributed by atoms with Crippen molar-refractivity contribution in [3.05, 3.63) is 29.3 Å². The fraction of sp³-hybridized carbons (Fsp3) is 0.467. The number of para-hydroxylation sites is 1. The van der Waals surface area contributed by atoms with E-state index in [2.05, 4.69) is 0 Å². The van der Waals surface area contributed by atoms with E-state index in [-0.39, 0.29) is 19.1 Å². The normalized spacial score (nSPS) is 18.1. The topological polar surface area (TPSA) is 66.8 Å². The Morgan fingerprint density at radius 3 is 2.55 bits per heavy atom. The molecule has 1 N–H and O–H groups in total. The molecule has 0 radical (unpaired) electrons. The van der Waals surface area contributed by atoms with Gasteiger partial charge in [0, 0.05) is 13.1 Å². The molecule has 5 nitrogen and oxygen atoms in total. The lowest BCUT2D eigenvalue weighted by atomic mass is 10.1. The van der Waals surface area contributed by atoms with Gasteiger partial charge in [-0.3, -0.25) is 9.59 Å². The molecule has 1 aliphatic heterocycles. The van der Waals surface area contributed by atoms with Crippen LogP contribution in [0.2, 0.25) is 0 Å². The molecule has 1 heterocycles. The average Bonchev–Trinajstić information content (AvgIpc) is 2.87. The van der Waals surface area contributed by atoms with Crippen molar-refractivity contribution in [1.82, 2.24) is 4.90 Å². The van der Waals surface area contributed by atoms with Crippen LogP contribution in [0.3, 0.4) is 0 Å². The fourth-order valence-electron chi connectivity index (χ4n) is 2.44. The summed E-state index contributed by atoms with van der Waals surface area (Å²) in [6.45, 7) is 4.60. The second-order valence-corrected chi connectivity index (χ2v) is 5.17. The molecule has 1 aliphatic rings. The molecule has 0 aromatic heterocycles. The maximum absolute atomic E-state index is 12.0. The van der Waals surface area contributed by atoms with Crippen LogP contribution >= 0.6 is 0 Å². The Morgan fingerprint density at radius 2 is 2.00 bits per heavy atom. The molecule has 1 atom stereocenters. The third-order valence-electron chi connectivity index (χ3n) is 3.64. The summed E-state index contributed by atoms with van der Waals surface area (Å²) in [6, 6.07) is 5.81. The molecule has 0 spiro atoms. The summed E-state index contributed by atoms with van der Waals surface area (Å²) in [5.41, 5.74) is 1.98. The van der Waals surface area contributed by atoms with Gasteiger partial charge in [-0.15, -0.1) is 0 Å². The van der Waals surface area contributed by atoms with Crippen molar-refractivity contribution < 1.29 is 19.4 Å². The number of carboxylic acids is 1. The SMILES string of the molecule is Cc1cccc(C)c1OCC(=O)N1CCC(C(=O)O)C1. The first-order valence-corrected chi connectivity index (χ1v) is 6.68. The molecule has 0 aliphatic carbocycles. The van der Waals surface area contributed by atoms with E-state index in [1.54, 1.807) is 4.90 Å². The van der Waals surface area contributed by atoms with Crippen molar-refractivity contribution in [2.24, 2.45) is 5.92 Å². The zero-order valence-electron chi connectivity index (χ0n) is 11.8. The number of hydrogen-bond acceptors (Lipinski definition) is 3. The quantitative estimate of drug-likeness (QED) is 0.908. The third kappa shape index (κ3) is 3.10. The summed E-state index contributed by atoms with van der Waals surface area (Å²) in [6.07, 6.45) is 0.518. The minimum absolute atomic E-state index is 0.0436. The van der Waals surface area contributed by atoms with Crippen LogP contribution in [0.5, 0.6) is 5.75 Å². The van der Waals surface area contributed by atoms with Gasteiger partial charge >= 0.3 is 5.97 Å². The number of aliphatic carboxylic acids is 1. The smallest absolute Gasteiger partial charge is 0.308 e. The summed E-state index contributed by atoms with van der Waals surface area (Å²) in [5, 5.41) is 8.92. The van der Waals surface area contributed by atoms with Crippen molar-refractivity contribution in [3.63, 3.8) is 0 Å². The van der Waals surface area contributed by atoms with E-state index in [1.165, 1.54) is 0 Å². The number of carboxylic acid groups (broad SMARTS) is 1. The highest BCUT2D eigenvalue weighted by atomic mass is 16.5. The molecule has 0 bridgehead atoms. The minimum Gasteiger partial charge on any atom is -0.483 e. The van der Waals surface area contributed by atoms with Crippen LogP contribution in [0, 0.1) is 19.8 Å². The van der Waals surface area contributed by atoms with Crippen molar-refractivity contribution >= 4 is 11.9 Å². The van der Waals surface area contributed by atoms with Crippen molar-refractivity contribution in [2.45, 2.75) is 20.3 Å². The number of ether oxygens (including phenoxy) is 1. The number of benzene rings is 1. The number of rotatable bonds is 4. The summed E-state index contributed by atoms with van der Waals surface area (Å²) in [4.78, 5) is 24.4. The highest BCUT2D eigenvalue weighted by Gasteiger charge is 2.30. The monoisotopic (exact) mass is 277 g/mol. The predicted molar refractivity (Wildman–Crippen MR) is 73.7 cm³/mol. The number of likely N-dealkylation sites (tertiary alicyclic amines) is 1. The van der Waals surface area contributed by atoms with Crippen molar-refractivity contribution in [3.8, 4) is 5.75 Å². The van der Waals surface area contributed by atoms with Crippen LogP contribution in [0.25, 0.3) is 0 Å². The summed E-state index contributed by atoms with van der Waals surface area (Å²) in [5.74, 6) is -0.707. The maximum atomic E-state index is 12.0. The first-order valence-electron chi connectivity index (χ1n) is 6.68. The largest absolute Gasteiger partial charge is 0.483 e. The highest BCUT2D eigenvalue weighted by Crippen LogP contribution is 2.23. The Balaban J connectivity index is 1.92. The van der Waals surface area contributed by atoms with Gasteiger partial charge in [0.05, 0.1) is 5.92 Å². The second-order valence-electron chi connectivity index (χ2n) is 5.17. The molecular formula is C15H19NO4. The number of carbonyl (C=O) groups excluding carboxylic acids is 1. The van der Waals surface area contributed by atoms with Crippen LogP contribution in [-0.4, -0.2) is 41.6 Å². The Bertz CT molecular complexity index is 506. The van der Waals surface area contributed by atoms with E-state index in [0.717, 1.165) is 16.9 Å².